The minimum atomic E-state index is 0.907. The van der Waals surface area contributed by atoms with Crippen LogP contribution in [0.5, 0.6) is 0 Å². The Bertz CT molecular complexity index is 490. The molecule has 1 aromatic rings. The summed E-state index contributed by atoms with van der Waals surface area (Å²) in [4.78, 5) is 4.33. The summed E-state index contributed by atoms with van der Waals surface area (Å²) < 4.78 is 0. The highest BCUT2D eigenvalue weighted by Crippen LogP contribution is 2.14. The summed E-state index contributed by atoms with van der Waals surface area (Å²) in [5, 5.41) is 0. The van der Waals surface area contributed by atoms with Crippen molar-refractivity contribution in [2.24, 2.45) is 4.99 Å². The van der Waals surface area contributed by atoms with E-state index >= 15 is 0 Å². The van der Waals surface area contributed by atoms with Crippen LogP contribution in [0.3, 0.4) is 0 Å². The van der Waals surface area contributed by atoms with Crippen LogP contribution < -0.4 is 0 Å². The lowest BCUT2D eigenvalue weighted by Crippen LogP contribution is -2.04. The molecule has 0 saturated carbocycles. The number of hydrogen-bond acceptors (Lipinski definition) is 1. The Morgan fingerprint density at radius 1 is 1.18 bits per heavy atom. The van der Waals surface area contributed by atoms with Crippen molar-refractivity contribution in [1.29, 1.82) is 0 Å². The Labute approximate surface area is 104 Å². The molecule has 1 heteroatoms. The quantitative estimate of drug-likeness (QED) is 0.540. The lowest BCUT2D eigenvalue weighted by molar-refractivity contribution is 1.38. The van der Waals surface area contributed by atoms with Crippen molar-refractivity contribution in [3.63, 3.8) is 0 Å². The summed E-state index contributed by atoms with van der Waals surface area (Å²) in [6.07, 6.45) is 3.91. The second-order valence-corrected chi connectivity index (χ2v) is 4.09. The van der Waals surface area contributed by atoms with Crippen molar-refractivity contribution < 1.29 is 0 Å². The molecule has 17 heavy (non-hydrogen) atoms. The van der Waals surface area contributed by atoms with Crippen molar-refractivity contribution in [2.45, 2.75) is 13.8 Å². The zero-order valence-corrected chi connectivity index (χ0v) is 10.8. The molecular formula is C16H19N. The van der Waals surface area contributed by atoms with Crippen molar-refractivity contribution in [1.82, 2.24) is 0 Å². The molecule has 0 fully saturated rings. The van der Waals surface area contributed by atoms with Crippen LogP contribution in [0, 0.1) is 6.92 Å². The predicted molar refractivity (Wildman–Crippen MR) is 76.7 cm³/mol. The fourth-order valence-corrected chi connectivity index (χ4v) is 1.60. The number of aryl methyl sites for hydroxylation is 1. The zero-order chi connectivity index (χ0) is 12.8. The maximum absolute atomic E-state index is 4.33. The number of nitrogens with zero attached hydrogens (tertiary/aromatic N) is 1. The largest absolute Gasteiger partial charge is 0.287 e. The number of benzene rings is 1. The van der Waals surface area contributed by atoms with E-state index in [0.717, 1.165) is 22.4 Å². The maximum Gasteiger partial charge on any atom is 0.0712 e. The average molecular weight is 225 g/mol. The van der Waals surface area contributed by atoms with Gasteiger partial charge in [0.15, 0.2) is 0 Å². The summed E-state index contributed by atoms with van der Waals surface area (Å²) in [7, 11) is 1.79. The molecule has 0 aliphatic rings. The van der Waals surface area contributed by atoms with Crippen LogP contribution in [0.2, 0.25) is 0 Å². The number of aliphatic imine (C=N–C) groups is 1. The first-order valence-corrected chi connectivity index (χ1v) is 5.62. The zero-order valence-electron chi connectivity index (χ0n) is 10.8. The van der Waals surface area contributed by atoms with E-state index in [0.29, 0.717) is 0 Å². The summed E-state index contributed by atoms with van der Waals surface area (Å²) in [5.74, 6) is 0. The molecule has 1 aromatic carbocycles. The average Bonchev–Trinajstić information content (AvgIpc) is 2.30. The van der Waals surface area contributed by atoms with E-state index in [1.807, 2.05) is 31.2 Å². The van der Waals surface area contributed by atoms with Gasteiger partial charge in [-0.1, -0.05) is 55.1 Å². The lowest BCUT2D eigenvalue weighted by Gasteiger charge is -2.09. The van der Waals surface area contributed by atoms with E-state index in [2.05, 4.69) is 37.2 Å². The van der Waals surface area contributed by atoms with Gasteiger partial charge < -0.3 is 0 Å². The molecule has 88 valence electrons. The predicted octanol–water partition coefficient (Wildman–Crippen LogP) is 4.10. The summed E-state index contributed by atoms with van der Waals surface area (Å²) in [6.45, 7) is 11.9. The highest BCUT2D eigenvalue weighted by Gasteiger charge is 2.06. The van der Waals surface area contributed by atoms with Gasteiger partial charge in [-0.05, 0) is 25.0 Å². The lowest BCUT2D eigenvalue weighted by atomic mass is 9.98. The van der Waals surface area contributed by atoms with Crippen LogP contribution in [-0.2, 0) is 0 Å². The first-order valence-electron chi connectivity index (χ1n) is 5.62. The van der Waals surface area contributed by atoms with Crippen LogP contribution in [0.15, 0.2) is 65.7 Å². The van der Waals surface area contributed by atoms with Crippen LogP contribution in [-0.4, -0.2) is 12.8 Å². The van der Waals surface area contributed by atoms with Crippen molar-refractivity contribution >= 4 is 5.71 Å². The maximum atomic E-state index is 4.33. The molecule has 1 rings (SSSR count). The standard InChI is InChI=1S/C16H19N/c1-12(2)10-11-14(4)16(17-5)15-9-7-6-8-13(15)3/h6-11H,1,4H2,2-3,5H3/b11-10-,17-16-. The SMILES string of the molecule is C=C(C)/C=C\C(=C)/C(=N/C)c1ccccc1C. The first kappa shape index (κ1) is 13.2. The van der Waals surface area contributed by atoms with Gasteiger partial charge in [0, 0.05) is 12.6 Å². The minimum absolute atomic E-state index is 0.907. The fourth-order valence-electron chi connectivity index (χ4n) is 1.60. The second kappa shape index (κ2) is 6.00. The van der Waals surface area contributed by atoms with E-state index in [4.69, 9.17) is 0 Å². The first-order chi connectivity index (χ1) is 8.06. The van der Waals surface area contributed by atoms with Crippen LogP contribution in [0.1, 0.15) is 18.1 Å². The van der Waals surface area contributed by atoms with E-state index in [1.165, 1.54) is 5.56 Å². The topological polar surface area (TPSA) is 12.4 Å². The number of allylic oxidation sites excluding steroid dienone is 4. The molecule has 0 bridgehead atoms. The number of hydrogen-bond donors (Lipinski definition) is 0. The van der Waals surface area contributed by atoms with Gasteiger partial charge in [-0.25, -0.2) is 0 Å². The Kier molecular flexibility index (Phi) is 4.65. The van der Waals surface area contributed by atoms with Gasteiger partial charge in [0.05, 0.1) is 5.71 Å². The molecule has 0 spiro atoms. The van der Waals surface area contributed by atoms with Gasteiger partial charge in [-0.2, -0.15) is 0 Å². The third-order valence-electron chi connectivity index (χ3n) is 2.50. The fraction of sp³-hybridized carbons (Fsp3) is 0.188. The normalized spacial score (nSPS) is 11.8. The molecule has 0 saturated heterocycles. The molecule has 0 amide bonds. The molecule has 0 aliphatic carbocycles. The Morgan fingerprint density at radius 3 is 2.35 bits per heavy atom. The van der Waals surface area contributed by atoms with Crippen molar-refractivity contribution in [2.75, 3.05) is 7.05 Å². The molecule has 0 aromatic heterocycles. The third-order valence-corrected chi connectivity index (χ3v) is 2.50. The van der Waals surface area contributed by atoms with Gasteiger partial charge in [0.25, 0.3) is 0 Å². The highest BCUT2D eigenvalue weighted by molar-refractivity contribution is 6.14. The highest BCUT2D eigenvalue weighted by atomic mass is 14.7. The molecule has 0 N–H and O–H groups in total. The van der Waals surface area contributed by atoms with Crippen molar-refractivity contribution in [3.8, 4) is 0 Å². The van der Waals surface area contributed by atoms with Crippen LogP contribution in [0.25, 0.3) is 0 Å². The number of rotatable bonds is 4. The Hall–Kier alpha value is -1.89. The second-order valence-electron chi connectivity index (χ2n) is 4.09. The van der Waals surface area contributed by atoms with Crippen molar-refractivity contribution in [3.05, 3.63) is 71.8 Å². The molecule has 0 aliphatic heterocycles. The molecule has 0 heterocycles. The smallest absolute Gasteiger partial charge is 0.0712 e. The summed E-state index contributed by atoms with van der Waals surface area (Å²) in [6, 6.07) is 8.19. The Morgan fingerprint density at radius 2 is 1.82 bits per heavy atom. The molecule has 0 atom stereocenters. The molecule has 0 radical (unpaired) electrons. The summed E-state index contributed by atoms with van der Waals surface area (Å²) in [5.41, 5.74) is 5.18. The Balaban J connectivity index is 3.06. The van der Waals surface area contributed by atoms with Gasteiger partial charge in [-0.15, -0.1) is 0 Å². The van der Waals surface area contributed by atoms with Gasteiger partial charge in [0.2, 0.25) is 0 Å². The van der Waals surface area contributed by atoms with E-state index in [9.17, 15) is 0 Å². The molecule has 1 nitrogen and oxygen atoms in total. The van der Waals surface area contributed by atoms with E-state index in [1.54, 1.807) is 7.05 Å². The summed E-state index contributed by atoms with van der Waals surface area (Å²) >= 11 is 0. The van der Waals surface area contributed by atoms with E-state index in [-0.39, 0.29) is 0 Å². The van der Waals surface area contributed by atoms with E-state index < -0.39 is 0 Å². The monoisotopic (exact) mass is 225 g/mol. The minimum Gasteiger partial charge on any atom is -0.287 e. The van der Waals surface area contributed by atoms with Gasteiger partial charge in [-0.3, -0.25) is 4.99 Å². The van der Waals surface area contributed by atoms with Crippen LogP contribution >= 0.6 is 0 Å². The molecular weight excluding hydrogens is 206 g/mol. The molecule has 0 unspecified atom stereocenters. The van der Waals surface area contributed by atoms with Gasteiger partial charge in [0.1, 0.15) is 0 Å². The van der Waals surface area contributed by atoms with Gasteiger partial charge >= 0.3 is 0 Å². The third kappa shape index (κ3) is 3.56. The van der Waals surface area contributed by atoms with Crippen LogP contribution in [0.4, 0.5) is 0 Å².